The van der Waals surface area contributed by atoms with Gasteiger partial charge in [0, 0.05) is 19.8 Å². The molecule has 2 N–H and O–H groups in total. The van der Waals surface area contributed by atoms with Gasteiger partial charge >= 0.3 is 16.2 Å². The summed E-state index contributed by atoms with van der Waals surface area (Å²) in [6.07, 6.45) is 2.71. The number of pyridine rings is 1. The highest BCUT2D eigenvalue weighted by Crippen LogP contribution is 2.14. The summed E-state index contributed by atoms with van der Waals surface area (Å²) >= 11 is 0. The molecule has 0 amide bonds. The number of anilines is 1. The van der Waals surface area contributed by atoms with Crippen LogP contribution in [0.2, 0.25) is 0 Å². The van der Waals surface area contributed by atoms with E-state index >= 15 is 0 Å². The molecule has 1 rings (SSSR count). The van der Waals surface area contributed by atoms with Crippen LogP contribution in [-0.4, -0.2) is 42.4 Å². The molecular formula is C10H15N3O4S. The number of aryl methyl sites for hydroxylation is 1. The molecule has 1 heterocycles. The number of carbonyl (C=O) groups is 1. The lowest BCUT2D eigenvalue weighted by Gasteiger charge is -2.18. The summed E-state index contributed by atoms with van der Waals surface area (Å²) in [6.45, 7) is 1.65. The van der Waals surface area contributed by atoms with Crippen molar-refractivity contribution in [3.63, 3.8) is 0 Å². The number of carboxylic acids is 1. The van der Waals surface area contributed by atoms with Crippen LogP contribution in [0.4, 0.5) is 5.69 Å². The summed E-state index contributed by atoms with van der Waals surface area (Å²) in [5, 5.41) is 8.51. The standard InChI is InChI=1S/C10H15N3O4S/c1-8-3-5-11-7-9(8)12-18(16,17)13(2)6-4-10(14)15/h3,5,7,12H,4,6H2,1-2H3,(H,14,15). The third-order valence-corrected chi connectivity index (χ3v) is 3.81. The molecule has 18 heavy (non-hydrogen) atoms. The van der Waals surface area contributed by atoms with E-state index in [9.17, 15) is 13.2 Å². The van der Waals surface area contributed by atoms with Crippen molar-refractivity contribution in [3.05, 3.63) is 24.0 Å². The predicted molar refractivity (Wildman–Crippen MR) is 66.4 cm³/mol. The van der Waals surface area contributed by atoms with Gasteiger partial charge in [-0.2, -0.15) is 12.7 Å². The first-order valence-electron chi connectivity index (χ1n) is 5.19. The minimum atomic E-state index is -3.75. The van der Waals surface area contributed by atoms with E-state index in [2.05, 4.69) is 9.71 Å². The largest absolute Gasteiger partial charge is 0.481 e. The minimum Gasteiger partial charge on any atom is -0.481 e. The first kappa shape index (κ1) is 14.4. The number of nitrogens with zero attached hydrogens (tertiary/aromatic N) is 2. The molecule has 8 heteroatoms. The molecule has 0 radical (unpaired) electrons. The fourth-order valence-corrected chi connectivity index (χ4v) is 2.14. The first-order valence-corrected chi connectivity index (χ1v) is 6.63. The van der Waals surface area contributed by atoms with E-state index in [1.54, 1.807) is 19.2 Å². The molecule has 1 aromatic heterocycles. The summed E-state index contributed by atoms with van der Waals surface area (Å²) < 4.78 is 27.0. The van der Waals surface area contributed by atoms with Gasteiger partial charge < -0.3 is 5.11 Å². The normalized spacial score (nSPS) is 11.5. The highest BCUT2D eigenvalue weighted by atomic mass is 32.2. The average molecular weight is 273 g/mol. The van der Waals surface area contributed by atoms with Gasteiger partial charge in [-0.3, -0.25) is 14.5 Å². The Bertz CT molecular complexity index is 530. The zero-order valence-corrected chi connectivity index (χ0v) is 10.9. The number of aromatic nitrogens is 1. The van der Waals surface area contributed by atoms with Gasteiger partial charge in [0.05, 0.1) is 18.3 Å². The van der Waals surface area contributed by atoms with Crippen molar-refractivity contribution < 1.29 is 18.3 Å². The molecule has 0 saturated carbocycles. The minimum absolute atomic E-state index is 0.0933. The highest BCUT2D eigenvalue weighted by Gasteiger charge is 2.19. The second-order valence-electron chi connectivity index (χ2n) is 3.76. The molecule has 0 fully saturated rings. The topological polar surface area (TPSA) is 99.6 Å². The Morgan fingerprint density at radius 3 is 2.78 bits per heavy atom. The Balaban J connectivity index is 2.76. The summed E-state index contributed by atoms with van der Waals surface area (Å²) in [5.41, 5.74) is 1.11. The number of carboxylic acid groups (broad SMARTS) is 1. The lowest BCUT2D eigenvalue weighted by Crippen LogP contribution is -2.34. The lowest BCUT2D eigenvalue weighted by molar-refractivity contribution is -0.137. The van der Waals surface area contributed by atoms with Crippen molar-refractivity contribution in [3.8, 4) is 0 Å². The lowest BCUT2D eigenvalue weighted by atomic mass is 10.3. The summed E-state index contributed by atoms with van der Waals surface area (Å²) in [5.74, 6) is -1.05. The quantitative estimate of drug-likeness (QED) is 0.784. The zero-order valence-electron chi connectivity index (χ0n) is 10.1. The van der Waals surface area contributed by atoms with E-state index in [4.69, 9.17) is 5.11 Å². The number of hydrogen-bond donors (Lipinski definition) is 2. The number of rotatable bonds is 6. The van der Waals surface area contributed by atoms with Crippen LogP contribution in [0, 0.1) is 6.92 Å². The van der Waals surface area contributed by atoms with Gasteiger partial charge in [0.2, 0.25) is 0 Å². The molecule has 0 saturated heterocycles. The molecule has 1 aromatic rings. The van der Waals surface area contributed by atoms with Crippen LogP contribution in [0.1, 0.15) is 12.0 Å². The Labute approximate surface area is 106 Å². The van der Waals surface area contributed by atoms with E-state index in [-0.39, 0.29) is 13.0 Å². The molecule has 0 aliphatic carbocycles. The van der Waals surface area contributed by atoms with Crippen LogP contribution in [0.15, 0.2) is 18.5 Å². The molecule has 0 spiro atoms. The maximum Gasteiger partial charge on any atom is 0.304 e. The molecule has 0 aliphatic rings. The van der Waals surface area contributed by atoms with Crippen LogP contribution >= 0.6 is 0 Å². The van der Waals surface area contributed by atoms with Crippen LogP contribution in [0.3, 0.4) is 0 Å². The van der Waals surface area contributed by atoms with Crippen molar-refractivity contribution in [1.82, 2.24) is 9.29 Å². The number of aliphatic carboxylic acids is 1. The highest BCUT2D eigenvalue weighted by molar-refractivity contribution is 7.90. The number of nitrogens with one attached hydrogen (secondary N) is 1. The van der Waals surface area contributed by atoms with Crippen LogP contribution < -0.4 is 4.72 Å². The zero-order chi connectivity index (χ0) is 13.8. The van der Waals surface area contributed by atoms with Crippen molar-refractivity contribution >= 4 is 21.9 Å². The Morgan fingerprint density at radius 2 is 2.22 bits per heavy atom. The second kappa shape index (κ2) is 5.78. The van der Waals surface area contributed by atoms with Crippen molar-refractivity contribution in [2.24, 2.45) is 0 Å². The maximum atomic E-state index is 11.9. The van der Waals surface area contributed by atoms with E-state index in [1.165, 1.54) is 13.2 Å². The van der Waals surface area contributed by atoms with Crippen LogP contribution in [0.25, 0.3) is 0 Å². The molecular weight excluding hydrogens is 258 g/mol. The SMILES string of the molecule is Cc1ccncc1NS(=O)(=O)N(C)CCC(=O)O. The summed E-state index contributed by atoms with van der Waals surface area (Å²) in [7, 11) is -2.44. The Hall–Kier alpha value is -1.67. The van der Waals surface area contributed by atoms with E-state index in [1.807, 2.05) is 0 Å². The number of hydrogen-bond acceptors (Lipinski definition) is 4. The van der Waals surface area contributed by atoms with Gasteiger partial charge in [-0.25, -0.2) is 0 Å². The molecule has 7 nitrogen and oxygen atoms in total. The first-order chi connectivity index (χ1) is 8.33. The third kappa shape index (κ3) is 3.97. The smallest absolute Gasteiger partial charge is 0.304 e. The predicted octanol–water partition coefficient (Wildman–Crippen LogP) is 0.453. The fraction of sp³-hybridized carbons (Fsp3) is 0.400. The van der Waals surface area contributed by atoms with Crippen LogP contribution in [-0.2, 0) is 15.0 Å². The van der Waals surface area contributed by atoms with Gasteiger partial charge in [0.25, 0.3) is 0 Å². The Kier molecular flexibility index (Phi) is 4.62. The molecule has 0 aliphatic heterocycles. The molecule has 0 aromatic carbocycles. The van der Waals surface area contributed by atoms with E-state index in [0.29, 0.717) is 5.69 Å². The van der Waals surface area contributed by atoms with Gasteiger partial charge in [-0.1, -0.05) is 0 Å². The molecule has 0 atom stereocenters. The monoisotopic (exact) mass is 273 g/mol. The van der Waals surface area contributed by atoms with Crippen molar-refractivity contribution in [2.45, 2.75) is 13.3 Å². The molecule has 100 valence electrons. The molecule has 0 bridgehead atoms. The van der Waals surface area contributed by atoms with E-state index < -0.39 is 16.2 Å². The third-order valence-electron chi connectivity index (χ3n) is 2.33. The van der Waals surface area contributed by atoms with E-state index in [0.717, 1.165) is 9.87 Å². The average Bonchev–Trinajstić information content (AvgIpc) is 2.28. The van der Waals surface area contributed by atoms with Crippen LogP contribution in [0.5, 0.6) is 0 Å². The van der Waals surface area contributed by atoms with Crippen molar-refractivity contribution in [2.75, 3.05) is 18.3 Å². The summed E-state index contributed by atoms with van der Waals surface area (Å²) in [4.78, 5) is 14.2. The van der Waals surface area contributed by atoms with Gasteiger partial charge in [-0.15, -0.1) is 0 Å². The molecule has 0 unspecified atom stereocenters. The van der Waals surface area contributed by atoms with Gasteiger partial charge in [-0.05, 0) is 18.6 Å². The fourth-order valence-electron chi connectivity index (χ4n) is 1.16. The van der Waals surface area contributed by atoms with Gasteiger partial charge in [0.15, 0.2) is 0 Å². The van der Waals surface area contributed by atoms with Crippen molar-refractivity contribution in [1.29, 1.82) is 0 Å². The maximum absolute atomic E-state index is 11.9. The Morgan fingerprint density at radius 1 is 1.56 bits per heavy atom. The summed E-state index contributed by atoms with van der Waals surface area (Å²) in [6, 6.07) is 1.68. The second-order valence-corrected chi connectivity index (χ2v) is 5.54. The van der Waals surface area contributed by atoms with Gasteiger partial charge in [0.1, 0.15) is 0 Å².